The van der Waals surface area contributed by atoms with Gasteiger partial charge in [-0.15, -0.1) is 11.3 Å². The summed E-state index contributed by atoms with van der Waals surface area (Å²) in [5.74, 6) is 0. The van der Waals surface area contributed by atoms with Crippen LogP contribution in [0.2, 0.25) is 0 Å². The van der Waals surface area contributed by atoms with E-state index in [4.69, 9.17) is 0 Å². The molecule has 0 atom stereocenters. The predicted molar refractivity (Wildman–Crippen MR) is 47.7 cm³/mol. The molecule has 0 unspecified atom stereocenters. The molecule has 0 aliphatic heterocycles. The number of hydrogen-bond donors (Lipinski definition) is 0. The molecule has 0 fully saturated rings. The van der Waals surface area contributed by atoms with Gasteiger partial charge in [0.05, 0.1) is 9.54 Å². The number of nitrogens with zero attached hydrogens (tertiary/aromatic N) is 1. The Kier molecular flexibility index (Phi) is 1.50. The molecule has 2 heteroatoms. The molecular weight excluding hydrogens is 154 g/mol. The number of fused-ring (bicyclic) bond motifs is 1. The topological polar surface area (TPSA) is 12.9 Å². The fourth-order valence-corrected chi connectivity index (χ4v) is 1.79. The quantitative estimate of drug-likeness (QED) is 0.547. The third kappa shape index (κ3) is 1.18. The summed E-state index contributed by atoms with van der Waals surface area (Å²) in [6.45, 7) is 2.01. The molecule has 2 rings (SSSR count). The van der Waals surface area contributed by atoms with Gasteiger partial charge in [0, 0.05) is 0 Å². The van der Waals surface area contributed by atoms with E-state index in [0.29, 0.717) is 0 Å². The van der Waals surface area contributed by atoms with Crippen LogP contribution in [0.3, 0.4) is 0 Å². The first-order valence-corrected chi connectivity index (χ1v) is 4.25. The molecule has 1 aromatic rings. The fraction of sp³-hybridized carbons (Fsp3) is 0.111. The first-order valence-electron chi connectivity index (χ1n) is 3.43. The highest BCUT2D eigenvalue weighted by atomic mass is 32.1. The van der Waals surface area contributed by atoms with Crippen LogP contribution in [0.4, 0.5) is 0 Å². The number of hydrogen-bond acceptors (Lipinski definition) is 2. The Labute approximate surface area is 68.7 Å². The summed E-state index contributed by atoms with van der Waals surface area (Å²) in [5, 5.41) is 2.07. The molecule has 0 saturated heterocycles. The summed E-state index contributed by atoms with van der Waals surface area (Å²) in [6.07, 6.45) is 7.93. The molecular formula is C9H7NS. The maximum absolute atomic E-state index is 4.32. The van der Waals surface area contributed by atoms with Crippen molar-refractivity contribution in [1.29, 1.82) is 0 Å². The SMILES string of the molecule is Cc1nc2c(s1)=CC=CC=C=2. The standard InChI is InChI=1S/C9H7NS/c1-7-10-8-5-3-2-4-6-9(8)11-7/h2-4,6H,1H3. The van der Waals surface area contributed by atoms with E-state index in [2.05, 4.69) is 16.8 Å². The molecule has 0 aromatic carbocycles. The van der Waals surface area contributed by atoms with Crippen molar-refractivity contribution in [3.63, 3.8) is 0 Å². The second-order valence-electron chi connectivity index (χ2n) is 2.31. The lowest BCUT2D eigenvalue weighted by atomic mass is 10.5. The molecule has 11 heavy (non-hydrogen) atoms. The van der Waals surface area contributed by atoms with E-state index in [1.54, 1.807) is 11.3 Å². The number of allylic oxidation sites excluding steroid dienone is 3. The van der Waals surface area contributed by atoms with E-state index in [1.807, 2.05) is 25.2 Å². The van der Waals surface area contributed by atoms with Crippen molar-refractivity contribution < 1.29 is 0 Å². The number of rotatable bonds is 0. The normalized spacial score (nSPS) is 13.2. The zero-order valence-electron chi connectivity index (χ0n) is 6.16. The Morgan fingerprint density at radius 2 is 2.36 bits per heavy atom. The smallest absolute Gasteiger partial charge is 0.123 e. The number of aryl methyl sites for hydroxylation is 1. The number of aromatic nitrogens is 1. The van der Waals surface area contributed by atoms with Gasteiger partial charge in [-0.1, -0.05) is 17.9 Å². The summed E-state index contributed by atoms with van der Waals surface area (Å²) < 4.78 is 1.20. The van der Waals surface area contributed by atoms with Gasteiger partial charge in [-0.2, -0.15) is 0 Å². The van der Waals surface area contributed by atoms with E-state index >= 15 is 0 Å². The lowest BCUT2D eigenvalue weighted by Gasteiger charge is -1.68. The zero-order chi connectivity index (χ0) is 7.68. The summed E-state index contributed by atoms with van der Waals surface area (Å²) in [6, 6.07) is 0. The Hall–Kier alpha value is -1.11. The van der Waals surface area contributed by atoms with Crippen LogP contribution in [0.5, 0.6) is 0 Å². The Morgan fingerprint density at radius 1 is 1.45 bits per heavy atom. The summed E-state index contributed by atoms with van der Waals surface area (Å²) in [4.78, 5) is 4.32. The largest absolute Gasteiger partial charge is 0.233 e. The fourth-order valence-electron chi connectivity index (χ4n) is 0.985. The molecule has 0 saturated carbocycles. The highest BCUT2D eigenvalue weighted by Gasteiger charge is 1.92. The predicted octanol–water partition coefficient (Wildman–Crippen LogP) is 0.737. The van der Waals surface area contributed by atoms with Crippen molar-refractivity contribution in [1.82, 2.24) is 4.98 Å². The van der Waals surface area contributed by atoms with Crippen LogP contribution in [0.1, 0.15) is 5.01 Å². The van der Waals surface area contributed by atoms with E-state index in [9.17, 15) is 0 Å². The van der Waals surface area contributed by atoms with Gasteiger partial charge in [0.1, 0.15) is 5.35 Å². The summed E-state index contributed by atoms with van der Waals surface area (Å²) in [5.41, 5.74) is 3.10. The second-order valence-corrected chi connectivity index (χ2v) is 3.54. The number of thiazole rings is 1. The lowest BCUT2D eigenvalue weighted by molar-refractivity contribution is 1.24. The van der Waals surface area contributed by atoms with Crippen LogP contribution in [-0.4, -0.2) is 4.98 Å². The van der Waals surface area contributed by atoms with Crippen LogP contribution >= 0.6 is 11.3 Å². The van der Waals surface area contributed by atoms with Gasteiger partial charge >= 0.3 is 0 Å². The monoisotopic (exact) mass is 161 g/mol. The van der Waals surface area contributed by atoms with Gasteiger partial charge in [0.25, 0.3) is 0 Å². The highest BCUT2D eigenvalue weighted by molar-refractivity contribution is 7.09. The molecule has 0 N–H and O–H groups in total. The van der Waals surface area contributed by atoms with Gasteiger partial charge in [-0.3, -0.25) is 0 Å². The van der Waals surface area contributed by atoms with Crippen molar-refractivity contribution in [2.24, 2.45) is 0 Å². The molecule has 1 nitrogen and oxygen atoms in total. The first-order chi connectivity index (χ1) is 5.36. The Bertz CT molecular complexity index is 444. The van der Waals surface area contributed by atoms with Gasteiger partial charge in [0.2, 0.25) is 0 Å². The van der Waals surface area contributed by atoms with E-state index < -0.39 is 0 Å². The molecule has 54 valence electrons. The Balaban J connectivity index is 2.96. The van der Waals surface area contributed by atoms with Crippen LogP contribution in [0, 0.1) is 6.92 Å². The van der Waals surface area contributed by atoms with Gasteiger partial charge in [0.15, 0.2) is 0 Å². The maximum atomic E-state index is 4.32. The molecule has 0 bridgehead atoms. The van der Waals surface area contributed by atoms with Crippen LogP contribution in [-0.2, 0) is 0 Å². The van der Waals surface area contributed by atoms with E-state index in [1.165, 1.54) is 4.53 Å². The van der Waals surface area contributed by atoms with E-state index in [0.717, 1.165) is 10.4 Å². The summed E-state index contributed by atoms with van der Waals surface area (Å²) >= 11 is 1.70. The van der Waals surface area contributed by atoms with E-state index in [-0.39, 0.29) is 0 Å². The third-order valence-corrected chi connectivity index (χ3v) is 2.37. The maximum Gasteiger partial charge on any atom is 0.123 e. The van der Waals surface area contributed by atoms with Gasteiger partial charge in [-0.05, 0) is 19.1 Å². The van der Waals surface area contributed by atoms with Crippen molar-refractivity contribution in [2.75, 3.05) is 0 Å². The molecule has 0 radical (unpaired) electrons. The average Bonchev–Trinajstić information content (AvgIpc) is 2.17. The van der Waals surface area contributed by atoms with Gasteiger partial charge < -0.3 is 0 Å². The van der Waals surface area contributed by atoms with Gasteiger partial charge in [-0.25, -0.2) is 4.98 Å². The molecule has 0 amide bonds. The molecule has 1 heterocycles. The minimum Gasteiger partial charge on any atom is -0.233 e. The average molecular weight is 161 g/mol. The molecule has 1 aliphatic rings. The highest BCUT2D eigenvalue weighted by Crippen LogP contribution is 1.91. The first kappa shape index (κ1) is 6.59. The molecule has 1 aromatic heterocycles. The van der Waals surface area contributed by atoms with Crippen LogP contribution < -0.4 is 9.88 Å². The van der Waals surface area contributed by atoms with Crippen molar-refractivity contribution in [2.45, 2.75) is 6.92 Å². The Morgan fingerprint density at radius 3 is 3.27 bits per heavy atom. The van der Waals surface area contributed by atoms with Crippen LogP contribution in [0.15, 0.2) is 18.2 Å². The van der Waals surface area contributed by atoms with Crippen molar-refractivity contribution in [3.05, 3.63) is 33.1 Å². The molecule has 0 spiro atoms. The lowest BCUT2D eigenvalue weighted by Crippen LogP contribution is -2.18. The minimum atomic E-state index is 0.970. The minimum absolute atomic E-state index is 0.970. The van der Waals surface area contributed by atoms with Crippen LogP contribution in [0.25, 0.3) is 11.8 Å². The zero-order valence-corrected chi connectivity index (χ0v) is 6.98. The second kappa shape index (κ2) is 2.50. The summed E-state index contributed by atoms with van der Waals surface area (Å²) in [7, 11) is 0. The van der Waals surface area contributed by atoms with Crippen molar-refractivity contribution in [3.8, 4) is 0 Å². The third-order valence-electron chi connectivity index (χ3n) is 1.44. The van der Waals surface area contributed by atoms with Crippen molar-refractivity contribution >= 4 is 23.1 Å². The molecule has 1 aliphatic carbocycles.